The number of aryl methyl sites for hydroxylation is 1. The summed E-state index contributed by atoms with van der Waals surface area (Å²) >= 11 is 0. The Morgan fingerprint density at radius 1 is 0.971 bits per heavy atom. The second-order valence-corrected chi connectivity index (χ2v) is 8.78. The molecule has 2 N–H and O–H groups in total. The number of amides is 1. The smallest absolute Gasteiger partial charge is 0.258 e. The Morgan fingerprint density at radius 2 is 1.74 bits per heavy atom. The molecule has 6 heteroatoms. The van der Waals surface area contributed by atoms with Crippen LogP contribution in [0.15, 0.2) is 77.6 Å². The van der Waals surface area contributed by atoms with Crippen LogP contribution in [0.1, 0.15) is 35.4 Å². The molecule has 2 heterocycles. The lowest BCUT2D eigenvalue weighted by atomic mass is 10.1. The van der Waals surface area contributed by atoms with Crippen molar-refractivity contribution >= 4 is 22.5 Å². The van der Waals surface area contributed by atoms with Gasteiger partial charge >= 0.3 is 0 Å². The van der Waals surface area contributed by atoms with Crippen LogP contribution < -0.4 is 15.8 Å². The van der Waals surface area contributed by atoms with Gasteiger partial charge in [0.05, 0.1) is 10.9 Å². The number of carbonyl (C=O) groups excluding carboxylic acids is 1. The average Bonchev–Trinajstić information content (AvgIpc) is 3.26. The molecule has 0 spiro atoms. The van der Waals surface area contributed by atoms with Crippen LogP contribution in [0.2, 0.25) is 0 Å². The van der Waals surface area contributed by atoms with Crippen molar-refractivity contribution in [3.63, 3.8) is 0 Å². The molecule has 1 aliphatic heterocycles. The molecule has 0 saturated heterocycles. The molecule has 0 unspecified atom stereocenters. The van der Waals surface area contributed by atoms with Gasteiger partial charge in [-0.3, -0.25) is 9.59 Å². The summed E-state index contributed by atoms with van der Waals surface area (Å²) in [5.74, 6) is 0.619. The molecule has 1 aromatic heterocycles. The Bertz CT molecular complexity index is 1360. The molecule has 172 valence electrons. The van der Waals surface area contributed by atoms with Gasteiger partial charge in [-0.15, -0.1) is 0 Å². The van der Waals surface area contributed by atoms with Crippen molar-refractivity contribution in [1.29, 1.82) is 0 Å². The molecule has 0 atom stereocenters. The number of aromatic amines is 1. The van der Waals surface area contributed by atoms with Crippen LogP contribution in [-0.2, 0) is 30.7 Å². The number of hydrogen-bond donors (Lipinski definition) is 2. The second-order valence-electron chi connectivity index (χ2n) is 8.78. The minimum atomic E-state index is -0.137. The normalized spacial score (nSPS) is 12.6. The summed E-state index contributed by atoms with van der Waals surface area (Å²) in [7, 11) is 0. The minimum Gasteiger partial charge on any atom is -0.367 e. The summed E-state index contributed by atoms with van der Waals surface area (Å²) in [6.45, 7) is 2.46. The van der Waals surface area contributed by atoms with Crippen LogP contribution in [-0.4, -0.2) is 22.4 Å². The van der Waals surface area contributed by atoms with E-state index in [9.17, 15) is 9.59 Å². The van der Waals surface area contributed by atoms with Crippen LogP contribution in [0.5, 0.6) is 0 Å². The van der Waals surface area contributed by atoms with Crippen molar-refractivity contribution in [3.05, 3.63) is 106 Å². The van der Waals surface area contributed by atoms with E-state index in [2.05, 4.69) is 68.7 Å². The highest BCUT2D eigenvalue weighted by Crippen LogP contribution is 2.28. The number of rotatable bonds is 8. The Labute approximate surface area is 198 Å². The van der Waals surface area contributed by atoms with E-state index >= 15 is 0 Å². The van der Waals surface area contributed by atoms with Gasteiger partial charge in [0.1, 0.15) is 5.82 Å². The lowest BCUT2D eigenvalue weighted by Gasteiger charge is -2.19. The van der Waals surface area contributed by atoms with Gasteiger partial charge in [-0.2, -0.15) is 0 Å². The zero-order valence-electron chi connectivity index (χ0n) is 19.1. The zero-order valence-corrected chi connectivity index (χ0v) is 19.1. The summed E-state index contributed by atoms with van der Waals surface area (Å²) in [5, 5.41) is 3.57. The molecule has 0 radical (unpaired) electrons. The highest BCUT2D eigenvalue weighted by atomic mass is 16.1. The number of anilines is 1. The molecule has 0 bridgehead atoms. The first kappa shape index (κ1) is 21.9. The van der Waals surface area contributed by atoms with Gasteiger partial charge in [0.2, 0.25) is 5.91 Å². The molecule has 1 aliphatic rings. The predicted molar refractivity (Wildman–Crippen MR) is 135 cm³/mol. The SMILES string of the molecule is O=C(CCCc1nc2ccccc2c(=O)[nH]1)NCc1ccc(CN2CCc3ccccc32)cc1. The summed E-state index contributed by atoms with van der Waals surface area (Å²) < 4.78 is 0. The second kappa shape index (κ2) is 9.91. The molecule has 4 aromatic rings. The number of nitrogens with zero attached hydrogens (tertiary/aromatic N) is 2. The molecule has 3 aromatic carbocycles. The van der Waals surface area contributed by atoms with Crippen LogP contribution in [0.25, 0.3) is 10.9 Å². The largest absolute Gasteiger partial charge is 0.367 e. The third-order valence-electron chi connectivity index (χ3n) is 6.35. The summed E-state index contributed by atoms with van der Waals surface area (Å²) in [5.41, 5.74) is 5.65. The van der Waals surface area contributed by atoms with E-state index in [-0.39, 0.29) is 11.5 Å². The third kappa shape index (κ3) is 5.01. The van der Waals surface area contributed by atoms with Crippen molar-refractivity contribution in [2.45, 2.75) is 38.8 Å². The first-order valence-corrected chi connectivity index (χ1v) is 11.8. The standard InChI is InChI=1S/C28H28N4O2/c33-27(11-5-10-26-30-24-8-3-2-7-23(24)28(34)31-26)29-18-20-12-14-21(15-13-20)19-32-17-16-22-6-1-4-9-25(22)32/h1-4,6-9,12-15H,5,10-11,16-19H2,(H,29,33)(H,30,31,34). The van der Waals surface area contributed by atoms with Crippen molar-refractivity contribution in [2.24, 2.45) is 0 Å². The number of para-hydroxylation sites is 2. The van der Waals surface area contributed by atoms with E-state index in [0.717, 1.165) is 25.1 Å². The number of fused-ring (bicyclic) bond motifs is 2. The molecule has 6 nitrogen and oxygen atoms in total. The number of carbonyl (C=O) groups is 1. The first-order valence-electron chi connectivity index (χ1n) is 11.8. The molecule has 0 saturated carbocycles. The zero-order chi connectivity index (χ0) is 23.3. The fraction of sp³-hybridized carbons (Fsp3) is 0.250. The third-order valence-corrected chi connectivity index (χ3v) is 6.35. The van der Waals surface area contributed by atoms with Crippen molar-refractivity contribution < 1.29 is 4.79 Å². The lowest BCUT2D eigenvalue weighted by Crippen LogP contribution is -2.23. The maximum absolute atomic E-state index is 12.3. The van der Waals surface area contributed by atoms with Crippen LogP contribution >= 0.6 is 0 Å². The van der Waals surface area contributed by atoms with Gasteiger partial charge in [0.15, 0.2) is 0 Å². The van der Waals surface area contributed by atoms with Gasteiger partial charge < -0.3 is 15.2 Å². The minimum absolute atomic E-state index is 0.000821. The summed E-state index contributed by atoms with van der Waals surface area (Å²) in [4.78, 5) is 34.2. The molecule has 1 amide bonds. The molecular weight excluding hydrogens is 424 g/mol. The Balaban J connectivity index is 1.08. The molecule has 5 rings (SSSR count). The van der Waals surface area contributed by atoms with Gasteiger partial charge in [0.25, 0.3) is 5.56 Å². The van der Waals surface area contributed by atoms with Gasteiger partial charge in [-0.05, 0) is 47.7 Å². The van der Waals surface area contributed by atoms with Crippen LogP contribution in [0, 0.1) is 0 Å². The summed E-state index contributed by atoms with van der Waals surface area (Å²) in [6.07, 6.45) is 2.68. The summed E-state index contributed by atoms with van der Waals surface area (Å²) in [6, 6.07) is 24.3. The fourth-order valence-corrected chi connectivity index (χ4v) is 4.51. The Hall–Kier alpha value is -3.93. The Morgan fingerprint density at radius 3 is 2.62 bits per heavy atom. The highest BCUT2D eigenvalue weighted by molar-refractivity contribution is 5.77. The Kier molecular flexibility index (Phi) is 6.38. The van der Waals surface area contributed by atoms with E-state index < -0.39 is 0 Å². The fourth-order valence-electron chi connectivity index (χ4n) is 4.51. The van der Waals surface area contributed by atoms with Gasteiger partial charge in [-0.1, -0.05) is 54.6 Å². The number of benzene rings is 3. The van der Waals surface area contributed by atoms with Gasteiger partial charge in [0, 0.05) is 38.2 Å². The number of hydrogen-bond acceptors (Lipinski definition) is 4. The van der Waals surface area contributed by atoms with Crippen LogP contribution in [0.3, 0.4) is 0 Å². The van der Waals surface area contributed by atoms with E-state index in [1.807, 2.05) is 18.2 Å². The van der Waals surface area contributed by atoms with E-state index in [1.165, 1.54) is 16.8 Å². The quantitative estimate of drug-likeness (QED) is 0.422. The van der Waals surface area contributed by atoms with E-state index in [1.54, 1.807) is 6.07 Å². The van der Waals surface area contributed by atoms with Crippen LogP contribution in [0.4, 0.5) is 5.69 Å². The number of nitrogens with one attached hydrogen (secondary N) is 2. The first-order chi connectivity index (χ1) is 16.7. The van der Waals surface area contributed by atoms with Gasteiger partial charge in [-0.25, -0.2) is 4.98 Å². The monoisotopic (exact) mass is 452 g/mol. The molecular formula is C28H28N4O2. The lowest BCUT2D eigenvalue weighted by molar-refractivity contribution is -0.121. The maximum Gasteiger partial charge on any atom is 0.258 e. The number of H-pyrrole nitrogens is 1. The van der Waals surface area contributed by atoms with Crippen molar-refractivity contribution in [1.82, 2.24) is 15.3 Å². The molecule has 0 fully saturated rings. The van der Waals surface area contributed by atoms with Crippen molar-refractivity contribution in [2.75, 3.05) is 11.4 Å². The average molecular weight is 453 g/mol. The predicted octanol–water partition coefficient (Wildman–Crippen LogP) is 4.12. The van der Waals surface area contributed by atoms with E-state index in [4.69, 9.17) is 0 Å². The molecule has 34 heavy (non-hydrogen) atoms. The molecule has 0 aliphatic carbocycles. The van der Waals surface area contributed by atoms with E-state index in [0.29, 0.717) is 42.5 Å². The van der Waals surface area contributed by atoms with Crippen molar-refractivity contribution in [3.8, 4) is 0 Å². The topological polar surface area (TPSA) is 78.1 Å². The number of aromatic nitrogens is 2. The highest BCUT2D eigenvalue weighted by Gasteiger charge is 2.18. The maximum atomic E-state index is 12.3.